The summed E-state index contributed by atoms with van der Waals surface area (Å²) in [4.78, 5) is 22.4. The predicted octanol–water partition coefficient (Wildman–Crippen LogP) is 3.67. The van der Waals surface area contributed by atoms with Crippen molar-refractivity contribution in [3.8, 4) is 0 Å². The number of para-hydroxylation sites is 1. The van der Waals surface area contributed by atoms with E-state index in [9.17, 15) is 14.9 Å². The summed E-state index contributed by atoms with van der Waals surface area (Å²) in [5.74, 6) is -0.425. The molecular weight excluding hydrogens is 329 g/mol. The molecule has 0 aromatic heterocycles. The zero-order valence-corrected chi connectivity index (χ0v) is 12.7. The number of carbonyl (C=O) groups excluding carboxylic acids is 1. The molecule has 2 aromatic rings. The van der Waals surface area contributed by atoms with Crippen molar-refractivity contribution in [2.45, 2.75) is 6.42 Å². The van der Waals surface area contributed by atoms with Gasteiger partial charge in [-0.05, 0) is 12.1 Å². The number of carbonyl (C=O) groups is 1. The van der Waals surface area contributed by atoms with E-state index in [1.165, 1.54) is 24.3 Å². The molecule has 0 radical (unpaired) electrons. The first-order valence-electron chi connectivity index (χ1n) is 6.15. The van der Waals surface area contributed by atoms with E-state index in [4.69, 9.17) is 28.9 Å². The van der Waals surface area contributed by atoms with Crippen LogP contribution in [-0.2, 0) is 11.2 Å². The molecule has 0 bridgehead atoms. The third-order valence-electron chi connectivity index (χ3n) is 2.90. The maximum atomic E-state index is 12.0. The van der Waals surface area contributed by atoms with Crippen LogP contribution in [0.15, 0.2) is 36.4 Å². The van der Waals surface area contributed by atoms with Gasteiger partial charge in [0, 0.05) is 17.3 Å². The van der Waals surface area contributed by atoms with Crippen LogP contribution in [0.3, 0.4) is 0 Å². The molecule has 0 saturated carbocycles. The van der Waals surface area contributed by atoms with Crippen LogP contribution in [0.1, 0.15) is 5.56 Å². The summed E-state index contributed by atoms with van der Waals surface area (Å²) in [5, 5.41) is 13.9. The van der Waals surface area contributed by atoms with Gasteiger partial charge in [0.15, 0.2) is 0 Å². The van der Waals surface area contributed by atoms with E-state index in [0.29, 0.717) is 11.3 Å². The molecule has 8 heteroatoms. The average molecular weight is 340 g/mol. The number of nitrogen functional groups attached to an aromatic ring is 1. The van der Waals surface area contributed by atoms with Crippen LogP contribution in [0.25, 0.3) is 0 Å². The standard InChI is InChI=1S/C14H11Cl2N3O3/c15-10-6-9(7-11(16)14(10)17)18-13(20)5-8-3-1-2-4-12(8)19(21)22/h1-4,6-7H,5,17H2,(H,18,20). The lowest BCUT2D eigenvalue weighted by atomic mass is 10.1. The number of nitro groups is 1. The number of hydrogen-bond donors (Lipinski definition) is 2. The largest absolute Gasteiger partial charge is 0.396 e. The highest BCUT2D eigenvalue weighted by Crippen LogP contribution is 2.31. The van der Waals surface area contributed by atoms with Crippen molar-refractivity contribution < 1.29 is 9.72 Å². The Kier molecular flexibility index (Phi) is 4.85. The molecule has 0 heterocycles. The topological polar surface area (TPSA) is 98.3 Å². The van der Waals surface area contributed by atoms with Gasteiger partial charge >= 0.3 is 0 Å². The molecule has 1 amide bonds. The molecule has 114 valence electrons. The molecule has 2 aromatic carbocycles. The van der Waals surface area contributed by atoms with E-state index < -0.39 is 10.8 Å². The van der Waals surface area contributed by atoms with Gasteiger partial charge in [0.05, 0.1) is 27.1 Å². The molecule has 6 nitrogen and oxygen atoms in total. The van der Waals surface area contributed by atoms with Gasteiger partial charge in [-0.3, -0.25) is 14.9 Å². The number of rotatable bonds is 4. The number of nitrogens with zero attached hydrogens (tertiary/aromatic N) is 1. The monoisotopic (exact) mass is 339 g/mol. The second kappa shape index (κ2) is 6.64. The first kappa shape index (κ1) is 16.1. The van der Waals surface area contributed by atoms with E-state index in [-0.39, 0.29) is 27.8 Å². The summed E-state index contributed by atoms with van der Waals surface area (Å²) in [6, 6.07) is 8.96. The van der Waals surface area contributed by atoms with Crippen molar-refractivity contribution in [3.05, 3.63) is 62.1 Å². The Morgan fingerprint density at radius 1 is 1.23 bits per heavy atom. The Morgan fingerprint density at radius 3 is 2.41 bits per heavy atom. The first-order valence-corrected chi connectivity index (χ1v) is 6.90. The number of benzene rings is 2. The van der Waals surface area contributed by atoms with Crippen LogP contribution in [0, 0.1) is 10.1 Å². The minimum Gasteiger partial charge on any atom is -0.396 e. The highest BCUT2D eigenvalue weighted by Gasteiger charge is 2.16. The molecule has 0 aliphatic rings. The van der Waals surface area contributed by atoms with Gasteiger partial charge < -0.3 is 11.1 Å². The van der Waals surface area contributed by atoms with Gasteiger partial charge in [0.2, 0.25) is 5.91 Å². The van der Waals surface area contributed by atoms with Crippen molar-refractivity contribution in [1.29, 1.82) is 0 Å². The van der Waals surface area contributed by atoms with Gasteiger partial charge in [-0.1, -0.05) is 41.4 Å². The maximum absolute atomic E-state index is 12.0. The molecule has 0 aliphatic heterocycles. The highest BCUT2D eigenvalue weighted by molar-refractivity contribution is 6.39. The summed E-state index contributed by atoms with van der Waals surface area (Å²) in [6.07, 6.45) is -0.142. The van der Waals surface area contributed by atoms with Crippen molar-refractivity contribution in [1.82, 2.24) is 0 Å². The molecule has 0 spiro atoms. The summed E-state index contributed by atoms with van der Waals surface area (Å²) < 4.78 is 0. The minimum atomic E-state index is -0.528. The van der Waals surface area contributed by atoms with Crippen LogP contribution in [0.5, 0.6) is 0 Å². The third kappa shape index (κ3) is 3.66. The summed E-state index contributed by atoms with van der Waals surface area (Å²) in [7, 11) is 0. The van der Waals surface area contributed by atoms with Crippen molar-refractivity contribution in [2.75, 3.05) is 11.1 Å². The van der Waals surface area contributed by atoms with Gasteiger partial charge in [0.25, 0.3) is 5.69 Å². The van der Waals surface area contributed by atoms with Crippen molar-refractivity contribution in [2.24, 2.45) is 0 Å². The van der Waals surface area contributed by atoms with Crippen LogP contribution in [-0.4, -0.2) is 10.8 Å². The molecule has 0 aliphatic carbocycles. The fourth-order valence-electron chi connectivity index (χ4n) is 1.87. The summed E-state index contributed by atoms with van der Waals surface area (Å²) >= 11 is 11.8. The predicted molar refractivity (Wildman–Crippen MR) is 86.3 cm³/mol. The SMILES string of the molecule is Nc1c(Cl)cc(NC(=O)Cc2ccccc2[N+](=O)[O-])cc1Cl. The summed E-state index contributed by atoms with van der Waals surface area (Å²) in [6.45, 7) is 0. The van der Waals surface area contributed by atoms with E-state index in [1.807, 2.05) is 0 Å². The molecular formula is C14H11Cl2N3O3. The number of halogens is 2. The maximum Gasteiger partial charge on any atom is 0.273 e. The van der Waals surface area contributed by atoms with Crippen LogP contribution < -0.4 is 11.1 Å². The third-order valence-corrected chi connectivity index (χ3v) is 3.53. The van der Waals surface area contributed by atoms with Gasteiger partial charge in [0.1, 0.15) is 0 Å². The number of nitrogens with two attached hydrogens (primary N) is 1. The van der Waals surface area contributed by atoms with Gasteiger partial charge in [-0.15, -0.1) is 0 Å². The van der Waals surface area contributed by atoms with E-state index in [0.717, 1.165) is 0 Å². The quantitative estimate of drug-likeness (QED) is 0.504. The zero-order valence-electron chi connectivity index (χ0n) is 11.2. The minimum absolute atomic E-state index is 0.106. The molecule has 22 heavy (non-hydrogen) atoms. The lowest BCUT2D eigenvalue weighted by Gasteiger charge is -2.08. The fraction of sp³-hybridized carbons (Fsp3) is 0.0714. The molecule has 2 rings (SSSR count). The Hall–Kier alpha value is -2.31. The Bertz CT molecular complexity index is 727. The second-order valence-electron chi connectivity index (χ2n) is 4.46. The molecule has 3 N–H and O–H groups in total. The number of nitrogens with one attached hydrogen (secondary N) is 1. The number of hydrogen-bond acceptors (Lipinski definition) is 4. The Morgan fingerprint density at radius 2 is 1.82 bits per heavy atom. The summed E-state index contributed by atoms with van der Waals surface area (Å²) in [5.41, 5.74) is 6.41. The van der Waals surface area contributed by atoms with Crippen LogP contribution in [0.4, 0.5) is 17.1 Å². The smallest absolute Gasteiger partial charge is 0.273 e. The Labute approximate surface area is 136 Å². The Balaban J connectivity index is 2.16. The number of nitro benzene ring substituents is 1. The van der Waals surface area contributed by atoms with E-state index in [2.05, 4.69) is 5.32 Å². The average Bonchev–Trinajstić information content (AvgIpc) is 2.44. The highest BCUT2D eigenvalue weighted by atomic mass is 35.5. The second-order valence-corrected chi connectivity index (χ2v) is 5.28. The van der Waals surface area contributed by atoms with Gasteiger partial charge in [-0.2, -0.15) is 0 Å². The van der Waals surface area contributed by atoms with Crippen LogP contribution in [0.2, 0.25) is 10.0 Å². The lowest BCUT2D eigenvalue weighted by molar-refractivity contribution is -0.385. The van der Waals surface area contributed by atoms with E-state index in [1.54, 1.807) is 12.1 Å². The van der Waals surface area contributed by atoms with Gasteiger partial charge in [-0.25, -0.2) is 0 Å². The van der Waals surface area contributed by atoms with Crippen LogP contribution >= 0.6 is 23.2 Å². The molecule has 0 atom stereocenters. The zero-order chi connectivity index (χ0) is 16.3. The fourth-order valence-corrected chi connectivity index (χ4v) is 2.36. The first-order chi connectivity index (χ1) is 10.4. The number of amides is 1. The molecule has 0 fully saturated rings. The van der Waals surface area contributed by atoms with Crippen molar-refractivity contribution in [3.63, 3.8) is 0 Å². The molecule has 0 unspecified atom stereocenters. The number of anilines is 2. The normalized spacial score (nSPS) is 10.3. The van der Waals surface area contributed by atoms with E-state index >= 15 is 0 Å². The lowest BCUT2D eigenvalue weighted by Crippen LogP contribution is -2.15. The molecule has 0 saturated heterocycles. The van der Waals surface area contributed by atoms with Crippen molar-refractivity contribution >= 4 is 46.2 Å².